The minimum Gasteiger partial charge on any atom is -0.377 e. The van der Waals surface area contributed by atoms with Crippen molar-refractivity contribution in [1.82, 2.24) is 10.0 Å². The zero-order chi connectivity index (χ0) is 13.6. The second-order valence-electron chi connectivity index (χ2n) is 5.52. The van der Waals surface area contributed by atoms with Gasteiger partial charge in [0.05, 0.1) is 18.0 Å². The summed E-state index contributed by atoms with van der Waals surface area (Å²) in [4.78, 5) is 0. The summed E-state index contributed by atoms with van der Waals surface area (Å²) in [6.07, 6.45) is 7.21. The third-order valence-corrected chi connectivity index (χ3v) is 5.99. The van der Waals surface area contributed by atoms with Gasteiger partial charge in [0, 0.05) is 6.54 Å². The highest BCUT2D eigenvalue weighted by Crippen LogP contribution is 2.22. The highest BCUT2D eigenvalue weighted by atomic mass is 32.2. The Balaban J connectivity index is 1.63. The van der Waals surface area contributed by atoms with Crippen molar-refractivity contribution < 1.29 is 13.2 Å². The van der Waals surface area contributed by atoms with Gasteiger partial charge < -0.3 is 10.1 Å². The van der Waals surface area contributed by atoms with E-state index >= 15 is 0 Å². The molecular weight excluding hydrogens is 264 g/mol. The fourth-order valence-electron chi connectivity index (χ4n) is 2.86. The maximum atomic E-state index is 12.1. The summed E-state index contributed by atoms with van der Waals surface area (Å²) in [6, 6.07) is 0. The van der Waals surface area contributed by atoms with Gasteiger partial charge in [-0.3, -0.25) is 0 Å². The minimum absolute atomic E-state index is 0.180. The Labute approximate surface area is 116 Å². The van der Waals surface area contributed by atoms with Crippen molar-refractivity contribution in [2.45, 2.75) is 56.3 Å². The van der Waals surface area contributed by atoms with Crippen molar-refractivity contribution in [3.05, 3.63) is 0 Å². The molecule has 6 heteroatoms. The highest BCUT2D eigenvalue weighted by Gasteiger charge is 2.26. The zero-order valence-corrected chi connectivity index (χ0v) is 12.4. The second-order valence-corrected chi connectivity index (χ2v) is 7.56. The Kier molecular flexibility index (Phi) is 6.06. The van der Waals surface area contributed by atoms with Crippen LogP contribution in [0.3, 0.4) is 0 Å². The number of hydrogen-bond donors (Lipinski definition) is 2. The van der Waals surface area contributed by atoms with Gasteiger partial charge in [0.1, 0.15) is 0 Å². The number of sulfonamides is 1. The zero-order valence-electron chi connectivity index (χ0n) is 11.6. The van der Waals surface area contributed by atoms with Crippen LogP contribution in [0.15, 0.2) is 0 Å². The van der Waals surface area contributed by atoms with Crippen LogP contribution in [-0.2, 0) is 14.8 Å². The largest absolute Gasteiger partial charge is 0.377 e. The number of hydrogen-bond acceptors (Lipinski definition) is 4. The highest BCUT2D eigenvalue weighted by molar-refractivity contribution is 7.90. The van der Waals surface area contributed by atoms with Crippen LogP contribution in [0.5, 0.6) is 0 Å². The molecule has 2 aliphatic rings. The molecule has 0 aromatic heterocycles. The molecule has 0 atom stereocenters. The average molecular weight is 290 g/mol. The number of nitrogens with one attached hydrogen (secondary N) is 2. The van der Waals surface area contributed by atoms with Gasteiger partial charge in [-0.2, -0.15) is 0 Å². The van der Waals surface area contributed by atoms with Gasteiger partial charge in [0.25, 0.3) is 0 Å². The van der Waals surface area contributed by atoms with Gasteiger partial charge in [-0.15, -0.1) is 0 Å². The average Bonchev–Trinajstić information content (AvgIpc) is 2.46. The Morgan fingerprint density at radius 1 is 1.05 bits per heavy atom. The molecule has 1 heterocycles. The smallest absolute Gasteiger partial charge is 0.214 e. The Morgan fingerprint density at radius 3 is 2.42 bits per heavy atom. The molecule has 0 aromatic carbocycles. The van der Waals surface area contributed by atoms with Gasteiger partial charge in [-0.05, 0) is 38.8 Å². The molecule has 1 aliphatic heterocycles. The van der Waals surface area contributed by atoms with Crippen LogP contribution >= 0.6 is 0 Å². The first-order chi connectivity index (χ1) is 9.18. The van der Waals surface area contributed by atoms with E-state index < -0.39 is 10.0 Å². The maximum absolute atomic E-state index is 12.1. The molecule has 1 saturated carbocycles. The lowest BCUT2D eigenvalue weighted by molar-refractivity contribution is 0.0366. The van der Waals surface area contributed by atoms with Gasteiger partial charge in [0.15, 0.2) is 0 Å². The van der Waals surface area contributed by atoms with Crippen LogP contribution in [0.25, 0.3) is 0 Å². The number of rotatable bonds is 6. The van der Waals surface area contributed by atoms with E-state index in [0.717, 1.165) is 51.6 Å². The molecule has 0 aromatic rings. The summed E-state index contributed by atoms with van der Waals surface area (Å²) < 4.78 is 32.5. The van der Waals surface area contributed by atoms with Crippen molar-refractivity contribution >= 4 is 10.0 Å². The number of piperidine rings is 1. The fraction of sp³-hybridized carbons (Fsp3) is 1.00. The molecule has 5 nitrogen and oxygen atoms in total. The first-order valence-electron chi connectivity index (χ1n) is 7.49. The fourth-order valence-corrected chi connectivity index (χ4v) is 4.42. The van der Waals surface area contributed by atoms with Gasteiger partial charge in [-0.1, -0.05) is 19.3 Å². The van der Waals surface area contributed by atoms with E-state index in [9.17, 15) is 8.42 Å². The van der Waals surface area contributed by atoms with Crippen LogP contribution < -0.4 is 10.0 Å². The van der Waals surface area contributed by atoms with Gasteiger partial charge >= 0.3 is 0 Å². The lowest BCUT2D eigenvalue weighted by Gasteiger charge is -2.24. The molecule has 2 N–H and O–H groups in total. The summed E-state index contributed by atoms with van der Waals surface area (Å²) in [5.74, 6) is 0. The van der Waals surface area contributed by atoms with E-state index in [1.807, 2.05) is 0 Å². The summed E-state index contributed by atoms with van der Waals surface area (Å²) in [7, 11) is -3.13. The standard InChI is InChI=1S/C13H26N2O3S/c16-19(17,13-4-2-1-3-5-13)15-10-11-18-12-6-8-14-9-7-12/h12-15H,1-11H2. The van der Waals surface area contributed by atoms with Crippen molar-refractivity contribution in [1.29, 1.82) is 0 Å². The van der Waals surface area contributed by atoms with E-state index in [2.05, 4.69) is 10.0 Å². The molecule has 19 heavy (non-hydrogen) atoms. The van der Waals surface area contributed by atoms with E-state index in [1.54, 1.807) is 0 Å². The first kappa shape index (κ1) is 15.2. The third-order valence-electron chi connectivity index (χ3n) is 4.04. The molecule has 0 spiro atoms. The molecule has 0 amide bonds. The Bertz CT molecular complexity index is 347. The Hall–Kier alpha value is -0.170. The van der Waals surface area contributed by atoms with Crippen LogP contribution in [-0.4, -0.2) is 46.0 Å². The van der Waals surface area contributed by atoms with Crippen molar-refractivity contribution in [3.63, 3.8) is 0 Å². The summed E-state index contributed by atoms with van der Waals surface area (Å²) in [6.45, 7) is 2.89. The van der Waals surface area contributed by atoms with Crippen molar-refractivity contribution in [2.24, 2.45) is 0 Å². The van der Waals surface area contributed by atoms with E-state index in [4.69, 9.17) is 4.74 Å². The first-order valence-corrected chi connectivity index (χ1v) is 9.04. The van der Waals surface area contributed by atoms with E-state index in [0.29, 0.717) is 19.3 Å². The van der Waals surface area contributed by atoms with Crippen LogP contribution in [0.4, 0.5) is 0 Å². The Morgan fingerprint density at radius 2 is 1.74 bits per heavy atom. The summed E-state index contributed by atoms with van der Waals surface area (Å²) in [5.41, 5.74) is 0. The van der Waals surface area contributed by atoms with Crippen LogP contribution in [0, 0.1) is 0 Å². The normalized spacial score (nSPS) is 23.6. The number of ether oxygens (including phenoxy) is 1. The molecule has 2 rings (SSSR count). The quantitative estimate of drug-likeness (QED) is 0.716. The molecule has 112 valence electrons. The SMILES string of the molecule is O=S(=O)(NCCOC1CCNCC1)C1CCCCC1. The molecule has 0 bridgehead atoms. The molecule has 1 saturated heterocycles. The monoisotopic (exact) mass is 290 g/mol. The lowest BCUT2D eigenvalue weighted by atomic mass is 10.0. The predicted molar refractivity (Wildman–Crippen MR) is 75.6 cm³/mol. The molecule has 2 fully saturated rings. The summed E-state index contributed by atoms with van der Waals surface area (Å²) in [5, 5.41) is 3.10. The van der Waals surface area contributed by atoms with E-state index in [1.165, 1.54) is 6.42 Å². The lowest BCUT2D eigenvalue weighted by Crippen LogP contribution is -2.38. The van der Waals surface area contributed by atoms with Crippen molar-refractivity contribution in [2.75, 3.05) is 26.2 Å². The van der Waals surface area contributed by atoms with Crippen LogP contribution in [0.1, 0.15) is 44.9 Å². The summed E-state index contributed by atoms with van der Waals surface area (Å²) >= 11 is 0. The molecule has 0 unspecified atom stereocenters. The van der Waals surface area contributed by atoms with Gasteiger partial charge in [0.2, 0.25) is 10.0 Å². The molecular formula is C13H26N2O3S. The maximum Gasteiger partial charge on any atom is 0.214 e. The van der Waals surface area contributed by atoms with Gasteiger partial charge in [-0.25, -0.2) is 13.1 Å². The predicted octanol–water partition coefficient (Wildman–Crippen LogP) is 1.01. The molecule has 0 radical (unpaired) electrons. The molecule has 1 aliphatic carbocycles. The third kappa shape index (κ3) is 5.02. The van der Waals surface area contributed by atoms with E-state index in [-0.39, 0.29) is 5.25 Å². The van der Waals surface area contributed by atoms with Crippen molar-refractivity contribution in [3.8, 4) is 0 Å². The minimum atomic E-state index is -3.13. The second kappa shape index (κ2) is 7.57. The van der Waals surface area contributed by atoms with Crippen LogP contribution in [0.2, 0.25) is 0 Å². The topological polar surface area (TPSA) is 67.4 Å².